The van der Waals surface area contributed by atoms with Gasteiger partial charge in [-0.2, -0.15) is 0 Å². The molecule has 2 rings (SSSR count). The number of nitro groups is 1. The molecule has 0 atom stereocenters. The van der Waals surface area contributed by atoms with Crippen molar-refractivity contribution in [3.8, 4) is 11.5 Å². The van der Waals surface area contributed by atoms with Crippen LogP contribution >= 0.6 is 15.9 Å². The second-order valence-corrected chi connectivity index (χ2v) is 6.01. The highest BCUT2D eigenvalue weighted by Gasteiger charge is 2.19. The van der Waals surface area contributed by atoms with E-state index in [0.717, 1.165) is 5.56 Å². The largest absolute Gasteiger partial charge is 0.493 e. The van der Waals surface area contributed by atoms with E-state index in [1.165, 1.54) is 25.3 Å². The molecule has 0 aliphatic carbocycles. The van der Waals surface area contributed by atoms with Gasteiger partial charge < -0.3 is 14.8 Å². The molecule has 0 spiro atoms. The number of nitrogens with zero attached hydrogens (tertiary/aromatic N) is 1. The van der Waals surface area contributed by atoms with Gasteiger partial charge in [-0.15, -0.1) is 0 Å². The number of anilines is 1. The lowest BCUT2D eigenvalue weighted by Gasteiger charge is -2.13. The molecule has 0 aromatic heterocycles. The van der Waals surface area contributed by atoms with E-state index in [-0.39, 0.29) is 16.9 Å². The number of amides is 1. The average Bonchev–Trinajstić information content (AvgIpc) is 2.57. The minimum atomic E-state index is -0.530. The maximum Gasteiger partial charge on any atom is 0.293 e. The molecule has 0 aliphatic heterocycles. The molecular formula is C17H17BrN2O5. The van der Waals surface area contributed by atoms with Crippen molar-refractivity contribution in [1.82, 2.24) is 0 Å². The van der Waals surface area contributed by atoms with Crippen molar-refractivity contribution < 1.29 is 19.2 Å². The highest BCUT2D eigenvalue weighted by molar-refractivity contribution is 9.10. The van der Waals surface area contributed by atoms with E-state index in [2.05, 4.69) is 21.2 Å². The number of carbonyl (C=O) groups is 1. The van der Waals surface area contributed by atoms with Crippen molar-refractivity contribution in [1.29, 1.82) is 0 Å². The zero-order valence-corrected chi connectivity index (χ0v) is 15.5. The van der Waals surface area contributed by atoms with Crippen LogP contribution in [0.5, 0.6) is 11.5 Å². The Kier molecular flexibility index (Phi) is 5.97. The quantitative estimate of drug-likeness (QED) is 0.567. The molecule has 0 saturated heterocycles. The number of benzene rings is 2. The fourth-order valence-corrected chi connectivity index (χ4v) is 2.78. The Hall–Kier alpha value is -2.61. The molecule has 0 unspecified atom stereocenters. The number of nitrogens with one attached hydrogen (secondary N) is 1. The molecule has 0 fully saturated rings. The van der Waals surface area contributed by atoms with Crippen molar-refractivity contribution >= 4 is 33.2 Å². The van der Waals surface area contributed by atoms with Gasteiger partial charge in [0.1, 0.15) is 5.69 Å². The Morgan fingerprint density at radius 1 is 1.32 bits per heavy atom. The van der Waals surface area contributed by atoms with Gasteiger partial charge >= 0.3 is 0 Å². The molecule has 1 amide bonds. The number of aryl methyl sites for hydroxylation is 1. The van der Waals surface area contributed by atoms with Crippen molar-refractivity contribution in [2.75, 3.05) is 19.0 Å². The van der Waals surface area contributed by atoms with Gasteiger partial charge in [-0.25, -0.2) is 0 Å². The number of halogens is 1. The fourth-order valence-electron chi connectivity index (χ4n) is 2.23. The van der Waals surface area contributed by atoms with Crippen LogP contribution in [0.2, 0.25) is 0 Å². The lowest BCUT2D eigenvalue weighted by Crippen LogP contribution is -2.13. The van der Waals surface area contributed by atoms with Gasteiger partial charge in [0, 0.05) is 11.6 Å². The van der Waals surface area contributed by atoms with E-state index in [0.29, 0.717) is 22.6 Å². The fraction of sp³-hybridized carbons (Fsp3) is 0.235. The monoisotopic (exact) mass is 408 g/mol. The Balaban J connectivity index is 2.36. The van der Waals surface area contributed by atoms with Crippen LogP contribution in [0.3, 0.4) is 0 Å². The standard InChI is InChI=1S/C17H17BrN2O5/c1-4-25-16-12(18)8-11(9-15(16)24-3)17(21)19-13-6-5-10(2)7-14(13)20(22)23/h5-9H,4H2,1-3H3,(H,19,21). The molecule has 0 aliphatic rings. The third-order valence-electron chi connectivity index (χ3n) is 3.38. The first-order chi connectivity index (χ1) is 11.9. The molecule has 0 heterocycles. The average molecular weight is 409 g/mol. The SMILES string of the molecule is CCOc1c(Br)cc(C(=O)Nc2ccc(C)cc2[N+](=O)[O-])cc1OC. The third kappa shape index (κ3) is 4.27. The van der Waals surface area contributed by atoms with Gasteiger partial charge in [-0.05, 0) is 53.5 Å². The van der Waals surface area contributed by atoms with E-state index < -0.39 is 10.8 Å². The number of hydrogen-bond acceptors (Lipinski definition) is 5. The topological polar surface area (TPSA) is 90.7 Å². The van der Waals surface area contributed by atoms with Crippen molar-refractivity contribution in [2.24, 2.45) is 0 Å². The molecule has 0 radical (unpaired) electrons. The predicted octanol–water partition coefficient (Wildman–Crippen LogP) is 4.33. The van der Waals surface area contributed by atoms with Crippen molar-refractivity contribution in [3.63, 3.8) is 0 Å². The summed E-state index contributed by atoms with van der Waals surface area (Å²) in [4.78, 5) is 23.2. The van der Waals surface area contributed by atoms with Gasteiger partial charge in [0.15, 0.2) is 11.5 Å². The summed E-state index contributed by atoms with van der Waals surface area (Å²) >= 11 is 3.35. The summed E-state index contributed by atoms with van der Waals surface area (Å²) < 4.78 is 11.3. The van der Waals surface area contributed by atoms with Crippen LogP contribution in [0.15, 0.2) is 34.8 Å². The minimum Gasteiger partial charge on any atom is -0.493 e. The second-order valence-electron chi connectivity index (χ2n) is 5.15. The van der Waals surface area contributed by atoms with Crippen LogP contribution < -0.4 is 14.8 Å². The van der Waals surface area contributed by atoms with Gasteiger partial charge in [-0.3, -0.25) is 14.9 Å². The van der Waals surface area contributed by atoms with Gasteiger partial charge in [0.25, 0.3) is 11.6 Å². The molecule has 2 aromatic carbocycles. The van der Waals surface area contributed by atoms with Crippen LogP contribution in [0.4, 0.5) is 11.4 Å². The molecule has 8 heteroatoms. The first-order valence-corrected chi connectivity index (χ1v) is 8.23. The smallest absolute Gasteiger partial charge is 0.293 e. The summed E-state index contributed by atoms with van der Waals surface area (Å²) in [5.41, 5.74) is 0.979. The first-order valence-electron chi connectivity index (χ1n) is 7.44. The number of rotatable bonds is 6. The number of ether oxygens (including phenoxy) is 2. The number of carbonyl (C=O) groups excluding carboxylic acids is 1. The predicted molar refractivity (Wildman–Crippen MR) is 97.6 cm³/mol. The van der Waals surface area contributed by atoms with E-state index in [4.69, 9.17) is 9.47 Å². The minimum absolute atomic E-state index is 0.129. The number of methoxy groups -OCH3 is 1. The molecular weight excluding hydrogens is 392 g/mol. The number of nitro benzene ring substituents is 1. The van der Waals surface area contributed by atoms with Crippen molar-refractivity contribution in [3.05, 3.63) is 56.0 Å². The van der Waals surface area contributed by atoms with E-state index in [1.807, 2.05) is 6.92 Å². The molecule has 0 bridgehead atoms. The normalized spacial score (nSPS) is 10.2. The highest BCUT2D eigenvalue weighted by atomic mass is 79.9. The summed E-state index contributed by atoms with van der Waals surface area (Å²) in [6.07, 6.45) is 0. The molecule has 2 aromatic rings. The van der Waals surface area contributed by atoms with E-state index in [1.54, 1.807) is 19.1 Å². The zero-order chi connectivity index (χ0) is 18.6. The van der Waals surface area contributed by atoms with Gasteiger partial charge in [0.05, 0.1) is 23.1 Å². The molecule has 25 heavy (non-hydrogen) atoms. The molecule has 1 N–H and O–H groups in total. The second kappa shape index (κ2) is 7.98. The van der Waals surface area contributed by atoms with Crippen LogP contribution in [-0.4, -0.2) is 24.5 Å². The Labute approximate surface area is 153 Å². The molecule has 7 nitrogen and oxygen atoms in total. The lowest BCUT2D eigenvalue weighted by atomic mass is 10.1. The Morgan fingerprint density at radius 3 is 2.64 bits per heavy atom. The van der Waals surface area contributed by atoms with Gasteiger partial charge in [0.2, 0.25) is 0 Å². The van der Waals surface area contributed by atoms with Crippen molar-refractivity contribution in [2.45, 2.75) is 13.8 Å². The van der Waals surface area contributed by atoms with E-state index >= 15 is 0 Å². The van der Waals surface area contributed by atoms with Crippen LogP contribution in [0, 0.1) is 17.0 Å². The van der Waals surface area contributed by atoms with E-state index in [9.17, 15) is 14.9 Å². The van der Waals surface area contributed by atoms with Crippen LogP contribution in [0.25, 0.3) is 0 Å². The Bertz CT molecular complexity index is 823. The maximum atomic E-state index is 12.5. The lowest BCUT2D eigenvalue weighted by molar-refractivity contribution is -0.384. The zero-order valence-electron chi connectivity index (χ0n) is 14.0. The molecule has 132 valence electrons. The highest BCUT2D eigenvalue weighted by Crippen LogP contribution is 2.37. The van der Waals surface area contributed by atoms with Gasteiger partial charge in [-0.1, -0.05) is 6.07 Å². The third-order valence-corrected chi connectivity index (χ3v) is 3.97. The summed E-state index contributed by atoms with van der Waals surface area (Å²) in [5, 5.41) is 13.7. The van der Waals surface area contributed by atoms with Crippen LogP contribution in [-0.2, 0) is 0 Å². The summed E-state index contributed by atoms with van der Waals surface area (Å²) in [6.45, 7) is 4.02. The maximum absolute atomic E-state index is 12.5. The molecule has 0 saturated carbocycles. The Morgan fingerprint density at radius 2 is 2.04 bits per heavy atom. The summed E-state index contributed by atoms with van der Waals surface area (Å²) in [5.74, 6) is 0.386. The number of hydrogen-bond donors (Lipinski definition) is 1. The van der Waals surface area contributed by atoms with Crippen LogP contribution in [0.1, 0.15) is 22.8 Å². The summed E-state index contributed by atoms with van der Waals surface area (Å²) in [7, 11) is 1.47. The first kappa shape index (κ1) is 18.7. The summed E-state index contributed by atoms with van der Waals surface area (Å²) in [6, 6.07) is 7.70.